The van der Waals surface area contributed by atoms with Gasteiger partial charge in [0.1, 0.15) is 35.8 Å². The highest BCUT2D eigenvalue weighted by atomic mass is 19.1. The van der Waals surface area contributed by atoms with Gasteiger partial charge in [0.05, 0.1) is 5.56 Å². The summed E-state index contributed by atoms with van der Waals surface area (Å²) < 4.78 is 23.8. The molecule has 1 amide bonds. The van der Waals surface area contributed by atoms with E-state index < -0.39 is 0 Å². The summed E-state index contributed by atoms with van der Waals surface area (Å²) in [4.78, 5) is 16.2. The maximum Gasteiger partial charge on any atom is 0.287 e. The number of nitriles is 1. The Hall–Kier alpha value is -3.86. The number of amides is 1. The number of pyridine rings is 1. The molecule has 3 rings (SSSR count). The average Bonchev–Trinajstić information content (AvgIpc) is 3.20. The summed E-state index contributed by atoms with van der Waals surface area (Å²) in [6, 6.07) is 14.2. The van der Waals surface area contributed by atoms with Gasteiger partial charge in [-0.05, 0) is 48.5 Å². The van der Waals surface area contributed by atoms with Crippen LogP contribution in [0.1, 0.15) is 21.9 Å². The molecule has 0 radical (unpaired) electrons. The molecule has 0 spiro atoms. The van der Waals surface area contributed by atoms with Crippen molar-refractivity contribution in [2.45, 2.75) is 6.61 Å². The topological polar surface area (TPSA) is 100 Å². The second kappa shape index (κ2) is 9.19. The second-order valence-electron chi connectivity index (χ2n) is 5.74. The molecule has 8 heteroatoms. The van der Waals surface area contributed by atoms with Gasteiger partial charge in [0.2, 0.25) is 0 Å². The molecule has 2 N–H and O–H groups in total. The van der Waals surface area contributed by atoms with Gasteiger partial charge in [-0.3, -0.25) is 4.79 Å². The smallest absolute Gasteiger partial charge is 0.287 e. The van der Waals surface area contributed by atoms with Crippen molar-refractivity contribution < 1.29 is 18.3 Å². The SMILES string of the molecule is N#Cc1ccc(NCCNC(=O)c2ccc(COc3ccc(F)cc3)o2)nc1. The van der Waals surface area contributed by atoms with Crippen LogP contribution >= 0.6 is 0 Å². The van der Waals surface area contributed by atoms with Crippen LogP contribution in [0.4, 0.5) is 10.2 Å². The van der Waals surface area contributed by atoms with Crippen molar-refractivity contribution >= 4 is 11.7 Å². The zero-order valence-corrected chi connectivity index (χ0v) is 14.8. The summed E-state index contributed by atoms with van der Waals surface area (Å²) in [6.07, 6.45) is 1.47. The highest BCUT2D eigenvalue weighted by Crippen LogP contribution is 2.15. The van der Waals surface area contributed by atoms with Crippen LogP contribution in [0.25, 0.3) is 0 Å². The van der Waals surface area contributed by atoms with E-state index in [1.54, 1.807) is 24.3 Å². The molecular formula is C20H17FN4O3. The fourth-order valence-corrected chi connectivity index (χ4v) is 2.28. The standard InChI is InChI=1S/C20H17FN4O3/c21-15-2-4-16(5-3-15)27-13-17-6-7-18(28-17)20(26)24-10-9-23-19-8-1-14(11-22)12-25-19/h1-8,12H,9-10,13H2,(H,23,25)(H,24,26). The van der Waals surface area contributed by atoms with E-state index in [1.165, 1.54) is 30.5 Å². The van der Waals surface area contributed by atoms with Crippen LogP contribution in [0.2, 0.25) is 0 Å². The molecule has 0 fully saturated rings. The van der Waals surface area contributed by atoms with Gasteiger partial charge in [-0.15, -0.1) is 0 Å². The first kappa shape index (κ1) is 18.9. The molecule has 0 aliphatic rings. The zero-order valence-electron chi connectivity index (χ0n) is 14.8. The summed E-state index contributed by atoms with van der Waals surface area (Å²) >= 11 is 0. The van der Waals surface area contributed by atoms with Gasteiger partial charge in [0, 0.05) is 19.3 Å². The molecular weight excluding hydrogens is 363 g/mol. The van der Waals surface area contributed by atoms with Crippen molar-refractivity contribution in [2.24, 2.45) is 0 Å². The van der Waals surface area contributed by atoms with E-state index in [9.17, 15) is 9.18 Å². The molecule has 1 aromatic carbocycles. The molecule has 0 bridgehead atoms. The fourth-order valence-electron chi connectivity index (χ4n) is 2.28. The minimum absolute atomic E-state index is 0.130. The lowest BCUT2D eigenvalue weighted by molar-refractivity contribution is 0.0923. The normalized spacial score (nSPS) is 10.1. The maximum atomic E-state index is 12.9. The van der Waals surface area contributed by atoms with Gasteiger partial charge in [-0.2, -0.15) is 5.26 Å². The number of carbonyl (C=O) groups is 1. The molecule has 2 aromatic heterocycles. The lowest BCUT2D eigenvalue weighted by Gasteiger charge is -2.06. The molecule has 0 saturated carbocycles. The molecule has 0 unspecified atom stereocenters. The van der Waals surface area contributed by atoms with Crippen LogP contribution in [0.15, 0.2) is 59.1 Å². The number of hydrogen-bond donors (Lipinski definition) is 2. The molecule has 0 atom stereocenters. The molecule has 0 saturated heterocycles. The predicted octanol–water partition coefficient (Wildman–Crippen LogP) is 3.11. The highest BCUT2D eigenvalue weighted by Gasteiger charge is 2.11. The number of benzene rings is 1. The number of ether oxygens (including phenoxy) is 1. The number of aromatic nitrogens is 1. The Bertz CT molecular complexity index is 962. The number of carbonyl (C=O) groups excluding carboxylic acids is 1. The summed E-state index contributed by atoms with van der Waals surface area (Å²) in [7, 11) is 0. The number of nitrogens with zero attached hydrogens (tertiary/aromatic N) is 2. The number of halogens is 1. The third-order valence-electron chi connectivity index (χ3n) is 3.69. The van der Waals surface area contributed by atoms with Gasteiger partial charge in [0.25, 0.3) is 5.91 Å². The summed E-state index contributed by atoms with van der Waals surface area (Å²) in [5.41, 5.74) is 0.482. The van der Waals surface area contributed by atoms with Crippen molar-refractivity contribution in [3.63, 3.8) is 0 Å². The molecule has 7 nitrogen and oxygen atoms in total. The maximum absolute atomic E-state index is 12.9. The number of hydrogen-bond acceptors (Lipinski definition) is 6. The Morgan fingerprint density at radius 3 is 2.68 bits per heavy atom. The average molecular weight is 380 g/mol. The highest BCUT2D eigenvalue weighted by molar-refractivity contribution is 5.91. The van der Waals surface area contributed by atoms with Crippen LogP contribution in [0.3, 0.4) is 0 Å². The molecule has 142 valence electrons. The summed E-state index contributed by atoms with van der Waals surface area (Å²) in [6.45, 7) is 0.958. The van der Waals surface area contributed by atoms with E-state index in [-0.39, 0.29) is 24.1 Å². The van der Waals surface area contributed by atoms with Gasteiger partial charge >= 0.3 is 0 Å². The zero-order chi connectivity index (χ0) is 19.8. The quantitative estimate of drug-likeness (QED) is 0.583. The van der Waals surface area contributed by atoms with E-state index in [0.29, 0.717) is 36.0 Å². The van der Waals surface area contributed by atoms with E-state index in [1.807, 2.05) is 6.07 Å². The van der Waals surface area contributed by atoms with Gasteiger partial charge in [-0.25, -0.2) is 9.37 Å². The van der Waals surface area contributed by atoms with Crippen LogP contribution in [-0.4, -0.2) is 24.0 Å². The first-order chi connectivity index (χ1) is 13.6. The lowest BCUT2D eigenvalue weighted by Crippen LogP contribution is -2.28. The van der Waals surface area contributed by atoms with Crippen molar-refractivity contribution in [3.05, 3.63) is 77.6 Å². The van der Waals surface area contributed by atoms with E-state index in [0.717, 1.165) is 0 Å². The Kier molecular flexibility index (Phi) is 6.21. The minimum Gasteiger partial charge on any atom is -0.486 e. The number of anilines is 1. The number of rotatable bonds is 8. The summed E-state index contributed by atoms with van der Waals surface area (Å²) in [5.74, 6) is 1.10. The third-order valence-corrected chi connectivity index (χ3v) is 3.69. The number of furan rings is 1. The Morgan fingerprint density at radius 1 is 1.14 bits per heavy atom. The van der Waals surface area contributed by atoms with Crippen LogP contribution in [0.5, 0.6) is 5.75 Å². The molecule has 0 aliphatic carbocycles. The van der Waals surface area contributed by atoms with Crippen molar-refractivity contribution in [1.82, 2.24) is 10.3 Å². The number of nitrogens with one attached hydrogen (secondary N) is 2. The van der Waals surface area contributed by atoms with Crippen LogP contribution in [-0.2, 0) is 6.61 Å². The van der Waals surface area contributed by atoms with Gasteiger partial charge < -0.3 is 19.8 Å². The van der Waals surface area contributed by atoms with E-state index >= 15 is 0 Å². The predicted molar refractivity (Wildman–Crippen MR) is 99.2 cm³/mol. The van der Waals surface area contributed by atoms with Crippen molar-refractivity contribution in [1.29, 1.82) is 5.26 Å². The molecule has 28 heavy (non-hydrogen) atoms. The van der Waals surface area contributed by atoms with Crippen LogP contribution < -0.4 is 15.4 Å². The van der Waals surface area contributed by atoms with E-state index in [2.05, 4.69) is 15.6 Å². The first-order valence-electron chi connectivity index (χ1n) is 8.49. The Morgan fingerprint density at radius 2 is 1.96 bits per heavy atom. The first-order valence-corrected chi connectivity index (χ1v) is 8.49. The fraction of sp³-hybridized carbons (Fsp3) is 0.150. The van der Waals surface area contributed by atoms with Gasteiger partial charge in [-0.1, -0.05) is 0 Å². The monoisotopic (exact) mass is 380 g/mol. The van der Waals surface area contributed by atoms with Gasteiger partial charge in [0.15, 0.2) is 5.76 Å². The molecule has 2 heterocycles. The molecule has 0 aliphatic heterocycles. The molecule has 3 aromatic rings. The largest absolute Gasteiger partial charge is 0.486 e. The van der Waals surface area contributed by atoms with Crippen molar-refractivity contribution in [3.8, 4) is 11.8 Å². The lowest BCUT2D eigenvalue weighted by atomic mass is 10.3. The Labute approximate surface area is 160 Å². The Balaban J connectivity index is 1.40. The van der Waals surface area contributed by atoms with E-state index in [4.69, 9.17) is 14.4 Å². The summed E-state index contributed by atoms with van der Waals surface area (Å²) in [5, 5.41) is 14.5. The second-order valence-corrected chi connectivity index (χ2v) is 5.74. The minimum atomic E-state index is -0.345. The van der Waals surface area contributed by atoms with Crippen molar-refractivity contribution in [2.75, 3.05) is 18.4 Å². The van der Waals surface area contributed by atoms with Crippen LogP contribution in [0, 0.1) is 17.1 Å². The third kappa shape index (κ3) is 5.32.